The molecule has 0 amide bonds. The molecule has 0 spiro atoms. The zero-order chi connectivity index (χ0) is 12.4. The van der Waals surface area contributed by atoms with Gasteiger partial charge < -0.3 is 10.5 Å². The van der Waals surface area contributed by atoms with Crippen molar-refractivity contribution in [1.29, 1.82) is 0 Å². The van der Waals surface area contributed by atoms with Crippen molar-refractivity contribution in [1.82, 2.24) is 9.78 Å². The quantitative estimate of drug-likeness (QED) is 0.828. The minimum Gasteiger partial charge on any atom is -0.487 e. The summed E-state index contributed by atoms with van der Waals surface area (Å²) in [7, 11) is 1.87. The fourth-order valence-electron chi connectivity index (χ4n) is 1.49. The first-order valence-electron chi connectivity index (χ1n) is 5.23. The fourth-order valence-corrected chi connectivity index (χ4v) is 1.49. The highest BCUT2D eigenvalue weighted by Crippen LogP contribution is 2.23. The summed E-state index contributed by atoms with van der Waals surface area (Å²) in [4.78, 5) is 0. The summed E-state index contributed by atoms with van der Waals surface area (Å²) in [5, 5.41) is 4.11. The standard InChI is InChI=1S/C12H14FN3O/c1-8-9(6-15-16(8)2)7-17-12-4-3-10(13)5-11(12)14/h3-6H,7,14H2,1-2H3. The van der Waals surface area contributed by atoms with Crippen LogP contribution in [0.2, 0.25) is 0 Å². The number of aryl methyl sites for hydroxylation is 1. The van der Waals surface area contributed by atoms with Crippen molar-refractivity contribution in [3.05, 3.63) is 41.5 Å². The summed E-state index contributed by atoms with van der Waals surface area (Å²) in [5.41, 5.74) is 7.96. The second kappa shape index (κ2) is 4.45. The van der Waals surface area contributed by atoms with E-state index >= 15 is 0 Å². The van der Waals surface area contributed by atoms with Crippen LogP contribution in [0.15, 0.2) is 24.4 Å². The maximum absolute atomic E-state index is 12.8. The Balaban J connectivity index is 2.10. The van der Waals surface area contributed by atoms with E-state index in [1.165, 1.54) is 18.2 Å². The Bertz CT molecular complexity index is 537. The first-order chi connectivity index (χ1) is 8.08. The van der Waals surface area contributed by atoms with Crippen LogP contribution in [0.5, 0.6) is 5.75 Å². The van der Waals surface area contributed by atoms with Gasteiger partial charge in [-0.3, -0.25) is 4.68 Å². The fraction of sp³-hybridized carbons (Fsp3) is 0.250. The van der Waals surface area contributed by atoms with Crippen LogP contribution in [-0.4, -0.2) is 9.78 Å². The molecule has 2 aromatic rings. The van der Waals surface area contributed by atoms with E-state index in [4.69, 9.17) is 10.5 Å². The van der Waals surface area contributed by atoms with Gasteiger partial charge in [0.1, 0.15) is 18.2 Å². The third kappa shape index (κ3) is 2.38. The van der Waals surface area contributed by atoms with Crippen LogP contribution in [0.3, 0.4) is 0 Å². The SMILES string of the molecule is Cc1c(COc2ccc(F)cc2N)cnn1C. The molecule has 5 heteroatoms. The molecule has 0 fully saturated rings. The highest BCUT2D eigenvalue weighted by atomic mass is 19.1. The molecule has 1 aromatic heterocycles. The van der Waals surface area contributed by atoms with Gasteiger partial charge in [0.2, 0.25) is 0 Å². The zero-order valence-electron chi connectivity index (χ0n) is 9.77. The molecule has 0 unspecified atom stereocenters. The Morgan fingerprint density at radius 1 is 1.47 bits per heavy atom. The molecule has 0 aliphatic rings. The van der Waals surface area contributed by atoms with Crippen LogP contribution in [0, 0.1) is 12.7 Å². The Morgan fingerprint density at radius 2 is 2.24 bits per heavy atom. The molecule has 90 valence electrons. The van der Waals surface area contributed by atoms with Crippen LogP contribution in [0.4, 0.5) is 10.1 Å². The van der Waals surface area contributed by atoms with E-state index in [0.717, 1.165) is 11.3 Å². The summed E-state index contributed by atoms with van der Waals surface area (Å²) in [6.45, 7) is 2.33. The lowest BCUT2D eigenvalue weighted by Gasteiger charge is -2.08. The molecule has 17 heavy (non-hydrogen) atoms. The van der Waals surface area contributed by atoms with Gasteiger partial charge in [-0.1, -0.05) is 0 Å². The molecular formula is C12H14FN3O. The third-order valence-electron chi connectivity index (χ3n) is 2.69. The molecule has 1 aromatic carbocycles. The Labute approximate surface area is 98.8 Å². The van der Waals surface area contributed by atoms with Gasteiger partial charge in [0.15, 0.2) is 0 Å². The average molecular weight is 235 g/mol. The van der Waals surface area contributed by atoms with Gasteiger partial charge in [0.05, 0.1) is 11.9 Å². The normalized spacial score (nSPS) is 10.5. The zero-order valence-corrected chi connectivity index (χ0v) is 9.77. The predicted octanol–water partition coefficient (Wildman–Crippen LogP) is 2.03. The Morgan fingerprint density at radius 3 is 2.82 bits per heavy atom. The van der Waals surface area contributed by atoms with E-state index in [1.807, 2.05) is 14.0 Å². The molecule has 0 aliphatic carbocycles. The second-order valence-electron chi connectivity index (χ2n) is 3.85. The molecule has 0 radical (unpaired) electrons. The van der Waals surface area contributed by atoms with Gasteiger partial charge in [-0.05, 0) is 19.1 Å². The molecular weight excluding hydrogens is 221 g/mol. The molecule has 2 rings (SSSR count). The summed E-state index contributed by atoms with van der Waals surface area (Å²) in [6, 6.07) is 4.09. The number of nitrogens with zero attached hydrogens (tertiary/aromatic N) is 2. The smallest absolute Gasteiger partial charge is 0.142 e. The Hall–Kier alpha value is -2.04. The van der Waals surface area contributed by atoms with Crippen molar-refractivity contribution in [2.24, 2.45) is 7.05 Å². The van der Waals surface area contributed by atoms with Crippen molar-refractivity contribution in [3.8, 4) is 5.75 Å². The molecule has 0 aliphatic heterocycles. The molecule has 2 N–H and O–H groups in total. The minimum absolute atomic E-state index is 0.298. The van der Waals surface area contributed by atoms with Gasteiger partial charge >= 0.3 is 0 Å². The van der Waals surface area contributed by atoms with Crippen molar-refractivity contribution in [3.63, 3.8) is 0 Å². The lowest BCUT2D eigenvalue weighted by atomic mass is 10.2. The van der Waals surface area contributed by atoms with E-state index in [9.17, 15) is 4.39 Å². The summed E-state index contributed by atoms with van der Waals surface area (Å²) in [5.74, 6) is 0.113. The molecule has 4 nitrogen and oxygen atoms in total. The summed E-state index contributed by atoms with van der Waals surface area (Å²) < 4.78 is 20.1. The van der Waals surface area contributed by atoms with Crippen molar-refractivity contribution in [2.45, 2.75) is 13.5 Å². The van der Waals surface area contributed by atoms with Crippen LogP contribution in [0.1, 0.15) is 11.3 Å². The summed E-state index contributed by atoms with van der Waals surface area (Å²) >= 11 is 0. The van der Waals surface area contributed by atoms with Crippen molar-refractivity contribution in [2.75, 3.05) is 5.73 Å². The number of hydrogen-bond donors (Lipinski definition) is 1. The number of hydrogen-bond acceptors (Lipinski definition) is 3. The lowest BCUT2D eigenvalue weighted by molar-refractivity contribution is 0.306. The van der Waals surface area contributed by atoms with E-state index < -0.39 is 0 Å². The maximum Gasteiger partial charge on any atom is 0.142 e. The van der Waals surface area contributed by atoms with Crippen LogP contribution in [-0.2, 0) is 13.7 Å². The highest BCUT2D eigenvalue weighted by molar-refractivity contribution is 5.52. The first kappa shape index (κ1) is 11.4. The summed E-state index contributed by atoms with van der Waals surface area (Å²) in [6.07, 6.45) is 1.75. The predicted molar refractivity (Wildman–Crippen MR) is 63.1 cm³/mol. The van der Waals surface area contributed by atoms with Gasteiger partial charge in [0.25, 0.3) is 0 Å². The van der Waals surface area contributed by atoms with Crippen LogP contribution >= 0.6 is 0 Å². The second-order valence-corrected chi connectivity index (χ2v) is 3.85. The Kier molecular flexibility index (Phi) is 2.99. The first-order valence-corrected chi connectivity index (χ1v) is 5.23. The van der Waals surface area contributed by atoms with Crippen LogP contribution in [0.25, 0.3) is 0 Å². The number of rotatable bonds is 3. The number of ether oxygens (including phenoxy) is 1. The van der Waals surface area contributed by atoms with Crippen molar-refractivity contribution >= 4 is 5.69 Å². The van der Waals surface area contributed by atoms with Gasteiger partial charge in [0, 0.05) is 24.4 Å². The van der Waals surface area contributed by atoms with Gasteiger partial charge in [-0.15, -0.1) is 0 Å². The third-order valence-corrected chi connectivity index (χ3v) is 2.69. The highest BCUT2D eigenvalue weighted by Gasteiger charge is 2.06. The minimum atomic E-state index is -0.368. The number of aromatic nitrogens is 2. The van der Waals surface area contributed by atoms with E-state index in [0.29, 0.717) is 18.0 Å². The average Bonchev–Trinajstić information content (AvgIpc) is 2.59. The number of anilines is 1. The van der Waals surface area contributed by atoms with Gasteiger partial charge in [-0.25, -0.2) is 4.39 Å². The topological polar surface area (TPSA) is 53.1 Å². The number of nitrogens with two attached hydrogens (primary N) is 1. The maximum atomic E-state index is 12.8. The van der Waals surface area contributed by atoms with Gasteiger partial charge in [-0.2, -0.15) is 5.10 Å². The monoisotopic (exact) mass is 235 g/mol. The number of nitrogen functional groups attached to an aromatic ring is 1. The molecule has 0 bridgehead atoms. The largest absolute Gasteiger partial charge is 0.487 e. The van der Waals surface area contributed by atoms with E-state index in [2.05, 4.69) is 5.10 Å². The molecule has 1 heterocycles. The van der Waals surface area contributed by atoms with E-state index in [-0.39, 0.29) is 5.82 Å². The van der Waals surface area contributed by atoms with Crippen molar-refractivity contribution < 1.29 is 9.13 Å². The lowest BCUT2D eigenvalue weighted by Crippen LogP contribution is -2.01. The molecule has 0 saturated carbocycles. The number of halogens is 1. The molecule has 0 saturated heterocycles. The van der Waals surface area contributed by atoms with E-state index in [1.54, 1.807) is 10.9 Å². The number of benzene rings is 1. The van der Waals surface area contributed by atoms with Crippen LogP contribution < -0.4 is 10.5 Å². The molecule has 0 atom stereocenters.